The SMILES string of the molecule is C=CC(C)CNC.c1ccc(CCc2ccc(CNc3ccccc3)cc2)cc1. The summed E-state index contributed by atoms with van der Waals surface area (Å²) in [4.78, 5) is 0. The zero-order valence-corrected chi connectivity index (χ0v) is 17.8. The molecule has 2 N–H and O–H groups in total. The fourth-order valence-electron chi connectivity index (χ4n) is 2.92. The molecule has 0 amide bonds. The highest BCUT2D eigenvalue weighted by Crippen LogP contribution is 2.11. The smallest absolute Gasteiger partial charge is 0.0400 e. The van der Waals surface area contributed by atoms with Crippen molar-refractivity contribution in [3.05, 3.63) is 114 Å². The minimum atomic E-state index is 0.602. The minimum absolute atomic E-state index is 0.602. The van der Waals surface area contributed by atoms with Crippen LogP contribution in [-0.2, 0) is 19.4 Å². The molecule has 3 aromatic rings. The van der Waals surface area contributed by atoms with Crippen molar-refractivity contribution in [2.24, 2.45) is 5.92 Å². The molecule has 0 heterocycles. The lowest BCUT2D eigenvalue weighted by Gasteiger charge is -2.07. The van der Waals surface area contributed by atoms with Crippen LogP contribution < -0.4 is 10.6 Å². The molecule has 2 nitrogen and oxygen atoms in total. The Morgan fingerprint density at radius 1 is 0.759 bits per heavy atom. The van der Waals surface area contributed by atoms with Crippen molar-refractivity contribution in [1.29, 1.82) is 0 Å². The Labute approximate surface area is 176 Å². The van der Waals surface area contributed by atoms with Crippen molar-refractivity contribution in [1.82, 2.24) is 5.32 Å². The third kappa shape index (κ3) is 9.27. The number of benzene rings is 3. The third-order valence-corrected chi connectivity index (χ3v) is 4.77. The highest BCUT2D eigenvalue weighted by atomic mass is 14.9. The van der Waals surface area contributed by atoms with Gasteiger partial charge >= 0.3 is 0 Å². The Balaban J connectivity index is 0.000000370. The van der Waals surface area contributed by atoms with E-state index in [-0.39, 0.29) is 0 Å². The first kappa shape index (κ1) is 22.4. The van der Waals surface area contributed by atoms with Crippen LogP contribution in [0, 0.1) is 5.92 Å². The van der Waals surface area contributed by atoms with E-state index in [1.165, 1.54) is 16.7 Å². The lowest BCUT2D eigenvalue weighted by atomic mass is 10.0. The van der Waals surface area contributed by atoms with E-state index in [0.717, 1.165) is 31.6 Å². The number of anilines is 1. The molecule has 152 valence electrons. The topological polar surface area (TPSA) is 24.1 Å². The van der Waals surface area contributed by atoms with Crippen LogP contribution in [0.4, 0.5) is 5.69 Å². The van der Waals surface area contributed by atoms with Crippen molar-refractivity contribution in [3.8, 4) is 0 Å². The molecule has 0 spiro atoms. The molecule has 0 radical (unpaired) electrons. The first-order valence-electron chi connectivity index (χ1n) is 10.4. The Morgan fingerprint density at radius 3 is 1.79 bits per heavy atom. The van der Waals surface area contributed by atoms with E-state index in [1.54, 1.807) is 0 Å². The molecule has 0 aliphatic rings. The zero-order chi connectivity index (χ0) is 20.7. The summed E-state index contributed by atoms with van der Waals surface area (Å²) in [6, 6.07) is 29.9. The average Bonchev–Trinajstić information content (AvgIpc) is 2.79. The number of para-hydroxylation sites is 1. The van der Waals surface area contributed by atoms with Crippen LogP contribution in [0.5, 0.6) is 0 Å². The van der Waals surface area contributed by atoms with Gasteiger partial charge in [-0.15, -0.1) is 6.58 Å². The fraction of sp³-hybridized carbons (Fsp3) is 0.259. The average molecular weight is 387 g/mol. The highest BCUT2D eigenvalue weighted by Gasteiger charge is 1.97. The highest BCUT2D eigenvalue weighted by molar-refractivity contribution is 5.43. The van der Waals surface area contributed by atoms with Crippen LogP contribution in [0.2, 0.25) is 0 Å². The van der Waals surface area contributed by atoms with Crippen LogP contribution in [-0.4, -0.2) is 13.6 Å². The first-order chi connectivity index (χ1) is 14.2. The molecule has 2 heteroatoms. The molecular weight excluding hydrogens is 352 g/mol. The molecule has 0 aromatic heterocycles. The van der Waals surface area contributed by atoms with Crippen molar-refractivity contribution < 1.29 is 0 Å². The van der Waals surface area contributed by atoms with Crippen molar-refractivity contribution in [3.63, 3.8) is 0 Å². The van der Waals surface area contributed by atoms with Gasteiger partial charge < -0.3 is 10.6 Å². The second kappa shape index (κ2) is 13.4. The Morgan fingerprint density at radius 2 is 1.28 bits per heavy atom. The quantitative estimate of drug-likeness (QED) is 0.433. The van der Waals surface area contributed by atoms with Gasteiger partial charge in [0, 0.05) is 18.8 Å². The number of hydrogen-bond acceptors (Lipinski definition) is 2. The third-order valence-electron chi connectivity index (χ3n) is 4.77. The number of rotatable bonds is 9. The maximum Gasteiger partial charge on any atom is 0.0400 e. The predicted molar refractivity (Wildman–Crippen MR) is 127 cm³/mol. The van der Waals surface area contributed by atoms with Gasteiger partial charge in [0.05, 0.1) is 0 Å². The maximum atomic E-state index is 3.64. The molecule has 3 aromatic carbocycles. The molecule has 0 saturated heterocycles. The summed E-state index contributed by atoms with van der Waals surface area (Å²) in [5.41, 5.74) is 5.27. The van der Waals surface area contributed by atoms with Gasteiger partial charge in [-0.25, -0.2) is 0 Å². The van der Waals surface area contributed by atoms with Crippen LogP contribution in [0.25, 0.3) is 0 Å². The van der Waals surface area contributed by atoms with Crippen LogP contribution in [0.3, 0.4) is 0 Å². The summed E-state index contributed by atoms with van der Waals surface area (Å²) in [6.45, 7) is 7.66. The van der Waals surface area contributed by atoms with Crippen LogP contribution in [0.15, 0.2) is 97.6 Å². The van der Waals surface area contributed by atoms with Gasteiger partial charge in [0.25, 0.3) is 0 Å². The van der Waals surface area contributed by atoms with Crippen LogP contribution in [0.1, 0.15) is 23.6 Å². The first-order valence-corrected chi connectivity index (χ1v) is 10.4. The second-order valence-electron chi connectivity index (χ2n) is 7.29. The van der Waals surface area contributed by atoms with E-state index in [2.05, 4.69) is 103 Å². The second-order valence-corrected chi connectivity index (χ2v) is 7.29. The van der Waals surface area contributed by atoms with E-state index in [9.17, 15) is 0 Å². The molecular formula is C27H34N2. The van der Waals surface area contributed by atoms with E-state index in [1.807, 2.05) is 19.2 Å². The van der Waals surface area contributed by atoms with E-state index < -0.39 is 0 Å². The summed E-state index contributed by atoms with van der Waals surface area (Å²) in [6.07, 6.45) is 4.13. The molecule has 0 aliphatic heterocycles. The number of aryl methyl sites for hydroxylation is 2. The summed E-state index contributed by atoms with van der Waals surface area (Å²) in [5.74, 6) is 0.602. The van der Waals surface area contributed by atoms with Gasteiger partial charge in [-0.2, -0.15) is 0 Å². The maximum absolute atomic E-state index is 3.64. The molecule has 0 bridgehead atoms. The van der Waals surface area contributed by atoms with Gasteiger partial charge in [-0.3, -0.25) is 0 Å². The molecule has 1 unspecified atom stereocenters. The monoisotopic (exact) mass is 386 g/mol. The number of hydrogen-bond donors (Lipinski definition) is 2. The van der Waals surface area contributed by atoms with Crippen LogP contribution >= 0.6 is 0 Å². The van der Waals surface area contributed by atoms with E-state index in [0.29, 0.717) is 5.92 Å². The summed E-state index contributed by atoms with van der Waals surface area (Å²) in [5, 5.41) is 6.49. The van der Waals surface area contributed by atoms with Gasteiger partial charge in [-0.1, -0.05) is 85.8 Å². The Kier molecular flexibility index (Phi) is 10.3. The van der Waals surface area contributed by atoms with E-state index >= 15 is 0 Å². The van der Waals surface area contributed by atoms with Gasteiger partial charge in [0.15, 0.2) is 0 Å². The van der Waals surface area contributed by atoms with Gasteiger partial charge in [0.2, 0.25) is 0 Å². The lowest BCUT2D eigenvalue weighted by molar-refractivity contribution is 0.651. The lowest BCUT2D eigenvalue weighted by Crippen LogP contribution is -2.13. The van der Waals surface area contributed by atoms with Crippen molar-refractivity contribution in [2.75, 3.05) is 18.9 Å². The fourth-order valence-corrected chi connectivity index (χ4v) is 2.92. The molecule has 3 rings (SSSR count). The Bertz CT molecular complexity index is 732. The molecule has 29 heavy (non-hydrogen) atoms. The summed E-state index contributed by atoms with van der Waals surface area (Å²) >= 11 is 0. The minimum Gasteiger partial charge on any atom is -0.381 e. The molecule has 0 fully saturated rings. The van der Waals surface area contributed by atoms with Gasteiger partial charge in [0.1, 0.15) is 0 Å². The Hall–Kier alpha value is -2.84. The summed E-state index contributed by atoms with van der Waals surface area (Å²) < 4.78 is 0. The molecule has 0 saturated carbocycles. The number of nitrogens with one attached hydrogen (secondary N) is 2. The largest absolute Gasteiger partial charge is 0.381 e. The normalized spacial score (nSPS) is 11.1. The predicted octanol–water partition coefficient (Wildman–Crippen LogP) is 6.11. The van der Waals surface area contributed by atoms with E-state index in [4.69, 9.17) is 0 Å². The van der Waals surface area contributed by atoms with Crippen molar-refractivity contribution >= 4 is 5.69 Å². The zero-order valence-electron chi connectivity index (χ0n) is 17.8. The standard InChI is InChI=1S/C21H21N.C6H13N/c1-3-7-18(8-4-1)11-12-19-13-15-20(16-14-19)17-22-21-9-5-2-6-10-21;1-4-6(2)5-7-3/h1-10,13-16,22H,11-12,17H2;4,6-7H,1,5H2,2-3H3. The van der Waals surface area contributed by atoms with Gasteiger partial charge in [-0.05, 0) is 54.6 Å². The van der Waals surface area contributed by atoms with Crippen molar-refractivity contribution in [2.45, 2.75) is 26.3 Å². The molecule has 0 aliphatic carbocycles. The molecule has 1 atom stereocenters. The summed E-state index contributed by atoms with van der Waals surface area (Å²) in [7, 11) is 1.94.